The molecule has 0 spiro atoms. The topological polar surface area (TPSA) is 90.0 Å². The minimum atomic E-state index is -0.747. The summed E-state index contributed by atoms with van der Waals surface area (Å²) >= 11 is 0. The highest BCUT2D eigenvalue weighted by Gasteiger charge is 2.18. The Hall–Kier alpha value is -2.18. The fourth-order valence-electron chi connectivity index (χ4n) is 1.26. The number of imide groups is 1. The standard InChI is InChI=1S/C13H19NO6/c1-4-10(15)14(11(16)5-2)8-9-20-13(18)7-6-12(17)19-3/h6-7H,4-5,8-9H2,1-3H3. The van der Waals surface area contributed by atoms with E-state index in [0.717, 1.165) is 17.1 Å². The monoisotopic (exact) mass is 285 g/mol. The lowest BCUT2D eigenvalue weighted by Gasteiger charge is -2.19. The van der Waals surface area contributed by atoms with Gasteiger partial charge in [-0.2, -0.15) is 0 Å². The molecule has 0 radical (unpaired) electrons. The number of amides is 2. The van der Waals surface area contributed by atoms with Gasteiger partial charge in [-0.3, -0.25) is 14.5 Å². The highest BCUT2D eigenvalue weighted by molar-refractivity contribution is 5.95. The average molecular weight is 285 g/mol. The van der Waals surface area contributed by atoms with E-state index in [0.29, 0.717) is 0 Å². The molecule has 0 N–H and O–H groups in total. The molecule has 0 atom stereocenters. The second-order valence-corrected chi connectivity index (χ2v) is 3.67. The third-order valence-corrected chi connectivity index (χ3v) is 2.32. The van der Waals surface area contributed by atoms with Crippen molar-refractivity contribution < 1.29 is 28.7 Å². The van der Waals surface area contributed by atoms with Gasteiger partial charge in [-0.25, -0.2) is 9.59 Å². The van der Waals surface area contributed by atoms with E-state index in [1.165, 1.54) is 7.11 Å². The minimum Gasteiger partial charge on any atom is -0.466 e. The highest BCUT2D eigenvalue weighted by atomic mass is 16.5. The van der Waals surface area contributed by atoms with Crippen LogP contribution in [0, 0.1) is 0 Å². The van der Waals surface area contributed by atoms with Crippen LogP contribution in [0.1, 0.15) is 26.7 Å². The Morgan fingerprint density at radius 1 is 0.950 bits per heavy atom. The van der Waals surface area contributed by atoms with E-state index >= 15 is 0 Å². The highest BCUT2D eigenvalue weighted by Crippen LogP contribution is 1.99. The third-order valence-electron chi connectivity index (χ3n) is 2.32. The molecule has 0 rings (SSSR count). The molecule has 0 fully saturated rings. The quantitative estimate of drug-likeness (QED) is 0.498. The minimum absolute atomic E-state index is 0.00283. The van der Waals surface area contributed by atoms with Crippen molar-refractivity contribution in [2.45, 2.75) is 26.7 Å². The maximum absolute atomic E-state index is 11.5. The molecule has 0 unspecified atom stereocenters. The molecule has 7 nitrogen and oxygen atoms in total. The predicted molar refractivity (Wildman–Crippen MR) is 69.4 cm³/mol. The third kappa shape index (κ3) is 6.67. The molecule has 112 valence electrons. The van der Waals surface area contributed by atoms with Crippen molar-refractivity contribution >= 4 is 23.8 Å². The van der Waals surface area contributed by atoms with Gasteiger partial charge >= 0.3 is 11.9 Å². The van der Waals surface area contributed by atoms with Gasteiger partial charge in [0.2, 0.25) is 11.8 Å². The second-order valence-electron chi connectivity index (χ2n) is 3.67. The molecule has 7 heteroatoms. The predicted octanol–water partition coefficient (Wildman–Crippen LogP) is 0.434. The van der Waals surface area contributed by atoms with Crippen LogP contribution in [0.2, 0.25) is 0 Å². The van der Waals surface area contributed by atoms with Crippen LogP contribution in [-0.4, -0.2) is 48.9 Å². The van der Waals surface area contributed by atoms with Gasteiger partial charge in [0.25, 0.3) is 0 Å². The number of hydrogen-bond acceptors (Lipinski definition) is 6. The SMILES string of the molecule is CCC(=O)N(CCOC(=O)C=CC(=O)OC)C(=O)CC. The van der Waals surface area contributed by atoms with E-state index in [1.807, 2.05) is 0 Å². The van der Waals surface area contributed by atoms with Crippen molar-refractivity contribution in [3.05, 3.63) is 12.2 Å². The summed E-state index contributed by atoms with van der Waals surface area (Å²) in [6.07, 6.45) is 2.23. The summed E-state index contributed by atoms with van der Waals surface area (Å²) < 4.78 is 9.08. The Morgan fingerprint density at radius 3 is 1.90 bits per heavy atom. The molecule has 0 aliphatic rings. The van der Waals surface area contributed by atoms with Gasteiger partial charge in [-0.1, -0.05) is 13.8 Å². The number of nitrogens with zero attached hydrogens (tertiary/aromatic N) is 1. The summed E-state index contributed by atoms with van der Waals surface area (Å²) in [5.74, 6) is -2.06. The van der Waals surface area contributed by atoms with Gasteiger partial charge in [-0.15, -0.1) is 0 Å². The molecule has 0 aromatic carbocycles. The Morgan fingerprint density at radius 2 is 1.45 bits per heavy atom. The summed E-state index contributed by atoms with van der Waals surface area (Å²) in [6, 6.07) is 0. The molecule has 0 heterocycles. The number of rotatable bonds is 7. The Balaban J connectivity index is 4.27. The molecular formula is C13H19NO6. The van der Waals surface area contributed by atoms with Gasteiger partial charge in [0.15, 0.2) is 0 Å². The van der Waals surface area contributed by atoms with Crippen LogP contribution < -0.4 is 0 Å². The van der Waals surface area contributed by atoms with Gasteiger partial charge in [0.05, 0.1) is 13.7 Å². The molecule has 0 bridgehead atoms. The number of esters is 2. The Labute approximate surface area is 117 Å². The second kappa shape index (κ2) is 9.71. The van der Waals surface area contributed by atoms with Gasteiger partial charge in [0, 0.05) is 25.0 Å². The van der Waals surface area contributed by atoms with Gasteiger partial charge in [-0.05, 0) is 0 Å². The zero-order chi connectivity index (χ0) is 15.5. The first-order valence-electron chi connectivity index (χ1n) is 6.22. The maximum Gasteiger partial charge on any atom is 0.331 e. The molecule has 0 aromatic rings. The van der Waals surface area contributed by atoms with Crippen LogP contribution in [0.5, 0.6) is 0 Å². The Bertz CT molecular complexity index is 386. The zero-order valence-corrected chi connectivity index (χ0v) is 11.9. The van der Waals surface area contributed by atoms with Crippen LogP contribution in [-0.2, 0) is 28.7 Å². The molecule has 2 amide bonds. The summed E-state index contributed by atoms with van der Waals surface area (Å²) in [7, 11) is 1.18. The number of carbonyl (C=O) groups excluding carboxylic acids is 4. The first kappa shape index (κ1) is 17.8. The van der Waals surface area contributed by atoms with Crippen LogP contribution in [0.3, 0.4) is 0 Å². The molecular weight excluding hydrogens is 266 g/mol. The van der Waals surface area contributed by atoms with Crippen LogP contribution in [0.15, 0.2) is 12.2 Å². The van der Waals surface area contributed by atoms with Crippen molar-refractivity contribution in [3.63, 3.8) is 0 Å². The van der Waals surface area contributed by atoms with Crippen molar-refractivity contribution in [2.24, 2.45) is 0 Å². The van der Waals surface area contributed by atoms with E-state index in [2.05, 4.69) is 4.74 Å². The first-order valence-corrected chi connectivity index (χ1v) is 6.22. The summed E-state index contributed by atoms with van der Waals surface area (Å²) in [4.78, 5) is 46.1. The molecule has 0 aliphatic carbocycles. The lowest BCUT2D eigenvalue weighted by molar-refractivity contribution is -0.148. The number of carbonyl (C=O) groups is 4. The maximum atomic E-state index is 11.5. The van der Waals surface area contributed by atoms with E-state index in [4.69, 9.17) is 4.74 Å². The normalized spacial score (nSPS) is 10.2. The smallest absolute Gasteiger partial charge is 0.331 e. The number of ether oxygens (including phenoxy) is 2. The fourth-order valence-corrected chi connectivity index (χ4v) is 1.26. The molecule has 0 saturated heterocycles. The first-order chi connectivity index (χ1) is 9.46. The summed E-state index contributed by atoms with van der Waals surface area (Å²) in [5.41, 5.74) is 0. The molecule has 0 aliphatic heterocycles. The van der Waals surface area contributed by atoms with Crippen molar-refractivity contribution in [2.75, 3.05) is 20.3 Å². The number of hydrogen-bond donors (Lipinski definition) is 0. The lowest BCUT2D eigenvalue weighted by atomic mass is 10.3. The Kier molecular flexibility index (Phi) is 8.65. The van der Waals surface area contributed by atoms with E-state index in [1.54, 1.807) is 13.8 Å². The van der Waals surface area contributed by atoms with Gasteiger partial charge < -0.3 is 9.47 Å². The summed E-state index contributed by atoms with van der Waals surface area (Å²) in [6.45, 7) is 3.16. The van der Waals surface area contributed by atoms with Gasteiger partial charge in [0.1, 0.15) is 6.61 Å². The van der Waals surface area contributed by atoms with Crippen molar-refractivity contribution in [1.82, 2.24) is 4.90 Å². The van der Waals surface area contributed by atoms with E-state index < -0.39 is 11.9 Å². The molecule has 20 heavy (non-hydrogen) atoms. The lowest BCUT2D eigenvalue weighted by Crippen LogP contribution is -2.38. The average Bonchev–Trinajstić information content (AvgIpc) is 2.47. The number of methoxy groups -OCH3 is 1. The van der Waals surface area contributed by atoms with E-state index in [-0.39, 0.29) is 37.8 Å². The molecule has 0 aromatic heterocycles. The van der Waals surface area contributed by atoms with Crippen molar-refractivity contribution in [3.8, 4) is 0 Å². The van der Waals surface area contributed by atoms with Crippen LogP contribution in [0.25, 0.3) is 0 Å². The van der Waals surface area contributed by atoms with Crippen LogP contribution >= 0.6 is 0 Å². The van der Waals surface area contributed by atoms with Crippen LogP contribution in [0.4, 0.5) is 0 Å². The van der Waals surface area contributed by atoms with E-state index in [9.17, 15) is 19.2 Å². The summed E-state index contributed by atoms with van der Waals surface area (Å²) in [5, 5.41) is 0. The largest absolute Gasteiger partial charge is 0.466 e. The van der Waals surface area contributed by atoms with Crippen molar-refractivity contribution in [1.29, 1.82) is 0 Å². The molecule has 0 saturated carbocycles. The zero-order valence-electron chi connectivity index (χ0n) is 11.9. The fraction of sp³-hybridized carbons (Fsp3) is 0.538.